The van der Waals surface area contributed by atoms with Crippen molar-refractivity contribution in [3.05, 3.63) is 70.7 Å². The van der Waals surface area contributed by atoms with Gasteiger partial charge in [0.1, 0.15) is 0 Å². The third-order valence-corrected chi connectivity index (χ3v) is 4.85. The number of halogens is 1. The molecule has 0 bridgehead atoms. The van der Waals surface area contributed by atoms with Crippen molar-refractivity contribution in [3.8, 4) is 0 Å². The highest BCUT2D eigenvalue weighted by Crippen LogP contribution is 2.24. The summed E-state index contributed by atoms with van der Waals surface area (Å²) in [6.07, 6.45) is 0. The first kappa shape index (κ1) is 17.9. The molecule has 3 rings (SSSR count). The fraction of sp³-hybridized carbons (Fsp3) is 0.350. The van der Waals surface area contributed by atoms with Gasteiger partial charge < -0.3 is 10.6 Å². The van der Waals surface area contributed by atoms with Crippen LogP contribution in [0.3, 0.4) is 0 Å². The van der Waals surface area contributed by atoms with Crippen LogP contribution in [0, 0.1) is 0 Å². The van der Waals surface area contributed by atoms with Crippen LogP contribution in [0.2, 0.25) is 5.02 Å². The molecule has 0 saturated carbocycles. The molecule has 0 spiro atoms. The molecule has 2 aromatic rings. The van der Waals surface area contributed by atoms with E-state index in [-0.39, 0.29) is 18.0 Å². The van der Waals surface area contributed by atoms with Crippen LogP contribution in [0.25, 0.3) is 0 Å². The Kier molecular flexibility index (Phi) is 6.08. The van der Waals surface area contributed by atoms with Gasteiger partial charge in [0.25, 0.3) is 0 Å². The Balaban J connectivity index is 1.64. The maximum Gasteiger partial charge on any atom is 0.234 e. The van der Waals surface area contributed by atoms with E-state index in [4.69, 9.17) is 11.6 Å². The van der Waals surface area contributed by atoms with E-state index in [1.54, 1.807) is 0 Å². The molecular weight excluding hydrogens is 334 g/mol. The SMILES string of the molecule is CC(NC(=O)CN1CCNCC1c1cccc(Cl)c1)c1ccccc1. The van der Waals surface area contributed by atoms with E-state index in [2.05, 4.69) is 21.6 Å². The predicted octanol–water partition coefficient (Wildman–Crippen LogP) is 3.16. The van der Waals surface area contributed by atoms with E-state index < -0.39 is 0 Å². The molecule has 2 aromatic carbocycles. The van der Waals surface area contributed by atoms with E-state index in [0.29, 0.717) is 6.54 Å². The van der Waals surface area contributed by atoms with Gasteiger partial charge in [0.2, 0.25) is 5.91 Å². The molecule has 1 heterocycles. The van der Waals surface area contributed by atoms with Gasteiger partial charge in [-0.15, -0.1) is 0 Å². The first-order chi connectivity index (χ1) is 12.1. The quantitative estimate of drug-likeness (QED) is 0.864. The Morgan fingerprint density at radius 3 is 2.84 bits per heavy atom. The van der Waals surface area contributed by atoms with Gasteiger partial charge >= 0.3 is 0 Å². The summed E-state index contributed by atoms with van der Waals surface area (Å²) in [6.45, 7) is 4.94. The predicted molar refractivity (Wildman–Crippen MR) is 102 cm³/mol. The maximum atomic E-state index is 12.5. The fourth-order valence-electron chi connectivity index (χ4n) is 3.27. The third-order valence-electron chi connectivity index (χ3n) is 4.61. The number of nitrogens with zero attached hydrogens (tertiary/aromatic N) is 1. The standard InChI is InChI=1S/C20H24ClN3O/c1-15(16-6-3-2-4-7-16)23-20(25)14-24-11-10-22-13-19(24)17-8-5-9-18(21)12-17/h2-9,12,15,19,22H,10-11,13-14H2,1H3,(H,23,25). The minimum atomic E-state index is 0.00114. The summed E-state index contributed by atoms with van der Waals surface area (Å²) in [4.78, 5) is 14.8. The normalized spacial score (nSPS) is 19.4. The summed E-state index contributed by atoms with van der Waals surface area (Å²) in [6, 6.07) is 18.1. The van der Waals surface area contributed by atoms with Crippen molar-refractivity contribution in [2.24, 2.45) is 0 Å². The molecule has 5 heteroatoms. The zero-order valence-electron chi connectivity index (χ0n) is 14.4. The van der Waals surface area contributed by atoms with Gasteiger partial charge in [-0.3, -0.25) is 9.69 Å². The van der Waals surface area contributed by atoms with E-state index >= 15 is 0 Å². The summed E-state index contributed by atoms with van der Waals surface area (Å²) in [5, 5.41) is 7.23. The number of rotatable bonds is 5. The smallest absolute Gasteiger partial charge is 0.234 e. The second kappa shape index (κ2) is 8.48. The number of hydrogen-bond donors (Lipinski definition) is 2. The molecule has 1 saturated heterocycles. The van der Waals surface area contributed by atoms with Crippen LogP contribution in [-0.2, 0) is 4.79 Å². The summed E-state index contributed by atoms with van der Waals surface area (Å²) < 4.78 is 0. The van der Waals surface area contributed by atoms with E-state index in [9.17, 15) is 4.79 Å². The molecule has 0 aromatic heterocycles. The van der Waals surface area contributed by atoms with Crippen LogP contribution in [0.1, 0.15) is 30.1 Å². The summed E-state index contributed by atoms with van der Waals surface area (Å²) in [5.41, 5.74) is 2.26. The second-order valence-electron chi connectivity index (χ2n) is 6.45. The Morgan fingerprint density at radius 2 is 2.08 bits per heavy atom. The Bertz CT molecular complexity index is 707. The second-order valence-corrected chi connectivity index (χ2v) is 6.88. The van der Waals surface area contributed by atoms with Crippen molar-refractivity contribution in [1.29, 1.82) is 0 Å². The van der Waals surface area contributed by atoms with Crippen molar-refractivity contribution in [1.82, 2.24) is 15.5 Å². The molecule has 132 valence electrons. The third kappa shape index (κ3) is 4.82. The molecular formula is C20H24ClN3O. The van der Waals surface area contributed by atoms with E-state index in [1.165, 1.54) is 0 Å². The lowest BCUT2D eigenvalue weighted by atomic mass is 10.0. The zero-order chi connectivity index (χ0) is 17.6. The molecule has 0 radical (unpaired) electrons. The van der Waals surface area contributed by atoms with Gasteiger partial charge in [-0.2, -0.15) is 0 Å². The topological polar surface area (TPSA) is 44.4 Å². The molecule has 1 fully saturated rings. The number of benzene rings is 2. The van der Waals surface area contributed by atoms with Crippen molar-refractivity contribution in [2.45, 2.75) is 19.0 Å². The fourth-order valence-corrected chi connectivity index (χ4v) is 3.47. The summed E-state index contributed by atoms with van der Waals surface area (Å²) in [5.74, 6) is 0.0466. The molecule has 25 heavy (non-hydrogen) atoms. The lowest BCUT2D eigenvalue weighted by Crippen LogP contribution is -2.49. The van der Waals surface area contributed by atoms with Crippen LogP contribution < -0.4 is 10.6 Å². The van der Waals surface area contributed by atoms with E-state index in [1.807, 2.05) is 55.5 Å². The van der Waals surface area contributed by atoms with Crippen molar-refractivity contribution >= 4 is 17.5 Å². The molecule has 2 N–H and O–H groups in total. The maximum absolute atomic E-state index is 12.5. The average Bonchev–Trinajstić information content (AvgIpc) is 2.63. The monoisotopic (exact) mass is 357 g/mol. The zero-order valence-corrected chi connectivity index (χ0v) is 15.2. The van der Waals surface area contributed by atoms with Crippen LogP contribution >= 0.6 is 11.6 Å². The molecule has 2 unspecified atom stereocenters. The largest absolute Gasteiger partial charge is 0.348 e. The number of carbonyl (C=O) groups excluding carboxylic acids is 1. The van der Waals surface area contributed by atoms with Crippen LogP contribution in [-0.4, -0.2) is 37.0 Å². The Hall–Kier alpha value is -1.88. The molecule has 4 nitrogen and oxygen atoms in total. The highest BCUT2D eigenvalue weighted by Gasteiger charge is 2.26. The van der Waals surface area contributed by atoms with Crippen LogP contribution in [0.5, 0.6) is 0 Å². The first-order valence-electron chi connectivity index (χ1n) is 8.68. The lowest BCUT2D eigenvalue weighted by Gasteiger charge is -2.36. The van der Waals surface area contributed by atoms with Crippen molar-refractivity contribution < 1.29 is 4.79 Å². The molecule has 1 aliphatic rings. The molecule has 1 amide bonds. The average molecular weight is 358 g/mol. The highest BCUT2D eigenvalue weighted by atomic mass is 35.5. The number of hydrogen-bond acceptors (Lipinski definition) is 3. The van der Waals surface area contributed by atoms with Crippen molar-refractivity contribution in [3.63, 3.8) is 0 Å². The van der Waals surface area contributed by atoms with Crippen molar-refractivity contribution in [2.75, 3.05) is 26.2 Å². The number of amides is 1. The van der Waals surface area contributed by atoms with Gasteiger partial charge in [-0.1, -0.05) is 54.1 Å². The molecule has 1 aliphatic heterocycles. The lowest BCUT2D eigenvalue weighted by molar-refractivity contribution is -0.123. The van der Waals surface area contributed by atoms with Crippen LogP contribution in [0.4, 0.5) is 0 Å². The number of piperazine rings is 1. The highest BCUT2D eigenvalue weighted by molar-refractivity contribution is 6.30. The minimum absolute atomic E-state index is 0.00114. The number of nitrogens with one attached hydrogen (secondary N) is 2. The molecule has 2 atom stereocenters. The first-order valence-corrected chi connectivity index (χ1v) is 9.06. The minimum Gasteiger partial charge on any atom is -0.348 e. The van der Waals surface area contributed by atoms with Gasteiger partial charge in [-0.25, -0.2) is 0 Å². The summed E-state index contributed by atoms with van der Waals surface area (Å²) in [7, 11) is 0. The van der Waals surface area contributed by atoms with Gasteiger partial charge in [0.15, 0.2) is 0 Å². The Morgan fingerprint density at radius 1 is 1.28 bits per heavy atom. The van der Waals surface area contributed by atoms with Crippen LogP contribution in [0.15, 0.2) is 54.6 Å². The Labute approximate surface area is 154 Å². The van der Waals surface area contributed by atoms with Gasteiger partial charge in [0, 0.05) is 30.7 Å². The van der Waals surface area contributed by atoms with Gasteiger partial charge in [-0.05, 0) is 30.2 Å². The van der Waals surface area contributed by atoms with Gasteiger partial charge in [0.05, 0.1) is 12.6 Å². The van der Waals surface area contributed by atoms with E-state index in [0.717, 1.165) is 35.8 Å². The number of carbonyl (C=O) groups is 1. The summed E-state index contributed by atoms with van der Waals surface area (Å²) >= 11 is 6.14. The molecule has 0 aliphatic carbocycles.